The first-order valence-corrected chi connectivity index (χ1v) is 6.28. The van der Waals surface area contributed by atoms with Gasteiger partial charge in [0, 0.05) is 22.3 Å². The number of aromatic nitrogens is 1. The van der Waals surface area contributed by atoms with Gasteiger partial charge in [0.15, 0.2) is 0 Å². The second kappa shape index (κ2) is 6.13. The van der Waals surface area contributed by atoms with E-state index in [1.165, 1.54) is 14.2 Å². The number of carbonyl (C=O) groups is 2. The van der Waals surface area contributed by atoms with Crippen LogP contribution in [0.3, 0.4) is 0 Å². The molecule has 0 spiro atoms. The number of H-pyrrole nitrogens is 1. The van der Waals surface area contributed by atoms with Crippen molar-refractivity contribution in [2.24, 2.45) is 0 Å². The van der Waals surface area contributed by atoms with Gasteiger partial charge in [0.2, 0.25) is 0 Å². The summed E-state index contributed by atoms with van der Waals surface area (Å²) in [6.07, 6.45) is 1.05. The Morgan fingerprint density at radius 1 is 1.19 bits per heavy atom. The van der Waals surface area contributed by atoms with Gasteiger partial charge < -0.3 is 19.8 Å². The smallest absolute Gasteiger partial charge is 0.354 e. The maximum atomic E-state index is 11.7. The number of anilines is 1. The second-order valence-corrected chi connectivity index (χ2v) is 4.45. The zero-order valence-electron chi connectivity index (χ0n) is 12.0. The minimum absolute atomic E-state index is 0.0101. The van der Waals surface area contributed by atoms with E-state index >= 15 is 0 Å². The molecule has 2 rings (SSSR count). The molecule has 0 radical (unpaired) electrons. The monoisotopic (exact) mass is 288 g/mol. The van der Waals surface area contributed by atoms with Gasteiger partial charge in [0.1, 0.15) is 5.70 Å². The van der Waals surface area contributed by atoms with E-state index in [4.69, 9.17) is 0 Å². The van der Waals surface area contributed by atoms with E-state index in [0.29, 0.717) is 5.69 Å². The van der Waals surface area contributed by atoms with E-state index in [9.17, 15) is 9.59 Å². The predicted molar refractivity (Wildman–Crippen MR) is 78.8 cm³/mol. The Kier molecular flexibility index (Phi) is 4.27. The molecular weight excluding hydrogens is 272 g/mol. The fourth-order valence-electron chi connectivity index (χ4n) is 1.94. The van der Waals surface area contributed by atoms with Crippen molar-refractivity contribution in [1.29, 1.82) is 0 Å². The Morgan fingerprint density at radius 3 is 2.62 bits per heavy atom. The molecule has 2 aromatic rings. The van der Waals surface area contributed by atoms with E-state index in [0.717, 1.165) is 22.7 Å². The van der Waals surface area contributed by atoms with Crippen molar-refractivity contribution < 1.29 is 19.1 Å². The molecule has 110 valence electrons. The lowest BCUT2D eigenvalue weighted by atomic mass is 10.2. The fraction of sp³-hybridized carbons (Fsp3) is 0.200. The largest absolute Gasteiger partial charge is 0.466 e. The molecule has 0 unspecified atom stereocenters. The average Bonchev–Trinajstić information content (AvgIpc) is 2.84. The molecule has 6 heteroatoms. The Hall–Kier alpha value is -2.76. The van der Waals surface area contributed by atoms with Crippen LogP contribution in [0.15, 0.2) is 36.0 Å². The van der Waals surface area contributed by atoms with Crippen molar-refractivity contribution >= 4 is 28.5 Å². The fourth-order valence-corrected chi connectivity index (χ4v) is 1.94. The minimum Gasteiger partial charge on any atom is -0.466 e. The number of aromatic amines is 1. The highest BCUT2D eigenvalue weighted by Crippen LogP contribution is 2.21. The van der Waals surface area contributed by atoms with Crippen LogP contribution in [-0.4, -0.2) is 31.1 Å². The van der Waals surface area contributed by atoms with Crippen molar-refractivity contribution in [2.75, 3.05) is 19.5 Å². The Bertz CT molecular complexity index is 716. The molecule has 0 bridgehead atoms. The standard InChI is InChI=1S/C15H16N2O4/c1-9-6-10-7-11(4-5-12(10)16-9)17-13(15(19)21-3)8-14(18)20-2/h4-8,16-17H,1-3H3/b13-8+. The Labute approximate surface area is 121 Å². The summed E-state index contributed by atoms with van der Waals surface area (Å²) in [7, 11) is 2.48. The molecule has 21 heavy (non-hydrogen) atoms. The van der Waals surface area contributed by atoms with Gasteiger partial charge in [-0.25, -0.2) is 9.59 Å². The highest BCUT2D eigenvalue weighted by molar-refractivity contribution is 5.99. The van der Waals surface area contributed by atoms with Crippen LogP contribution in [0.5, 0.6) is 0 Å². The lowest BCUT2D eigenvalue weighted by Gasteiger charge is -2.09. The van der Waals surface area contributed by atoms with Crippen LogP contribution < -0.4 is 5.32 Å². The van der Waals surface area contributed by atoms with Crippen molar-refractivity contribution in [3.63, 3.8) is 0 Å². The van der Waals surface area contributed by atoms with Crippen LogP contribution in [0.25, 0.3) is 10.9 Å². The molecule has 0 aliphatic heterocycles. The molecular formula is C15H16N2O4. The Morgan fingerprint density at radius 2 is 1.95 bits per heavy atom. The topological polar surface area (TPSA) is 80.4 Å². The molecule has 1 heterocycles. The van der Waals surface area contributed by atoms with Gasteiger partial charge in [-0.2, -0.15) is 0 Å². The van der Waals surface area contributed by atoms with Gasteiger partial charge in [-0.05, 0) is 31.2 Å². The van der Waals surface area contributed by atoms with Crippen molar-refractivity contribution in [3.8, 4) is 0 Å². The molecule has 0 amide bonds. The van der Waals surface area contributed by atoms with Gasteiger partial charge in [-0.15, -0.1) is 0 Å². The summed E-state index contributed by atoms with van der Waals surface area (Å²) in [5.41, 5.74) is 2.72. The SMILES string of the molecule is COC(=O)/C=C(/Nc1ccc2[nH]c(C)cc2c1)C(=O)OC. The first kappa shape index (κ1) is 14.6. The summed E-state index contributed by atoms with van der Waals surface area (Å²) in [5.74, 6) is -1.28. The first-order chi connectivity index (χ1) is 10.0. The quantitative estimate of drug-likeness (QED) is 0.665. The number of fused-ring (bicyclic) bond motifs is 1. The van der Waals surface area contributed by atoms with Crippen molar-refractivity contribution in [3.05, 3.63) is 41.7 Å². The highest BCUT2D eigenvalue weighted by atomic mass is 16.5. The summed E-state index contributed by atoms with van der Waals surface area (Å²) in [6.45, 7) is 1.96. The van der Waals surface area contributed by atoms with Crippen LogP contribution in [-0.2, 0) is 19.1 Å². The molecule has 0 saturated carbocycles. The number of methoxy groups -OCH3 is 2. The number of nitrogens with one attached hydrogen (secondary N) is 2. The molecule has 0 fully saturated rings. The molecule has 0 atom stereocenters. The van der Waals surface area contributed by atoms with E-state index in [2.05, 4.69) is 19.8 Å². The van der Waals surface area contributed by atoms with Crippen molar-refractivity contribution in [2.45, 2.75) is 6.92 Å². The number of aryl methyl sites for hydroxylation is 1. The zero-order chi connectivity index (χ0) is 15.4. The summed E-state index contributed by atoms with van der Waals surface area (Å²) in [4.78, 5) is 26.2. The number of hydrogen-bond donors (Lipinski definition) is 2. The number of carbonyl (C=O) groups excluding carboxylic acids is 2. The van der Waals surface area contributed by atoms with E-state index in [1.807, 2.05) is 25.1 Å². The highest BCUT2D eigenvalue weighted by Gasteiger charge is 2.13. The molecule has 0 aliphatic carbocycles. The first-order valence-electron chi connectivity index (χ1n) is 6.28. The molecule has 0 saturated heterocycles. The number of hydrogen-bond acceptors (Lipinski definition) is 5. The lowest BCUT2D eigenvalue weighted by Crippen LogP contribution is -2.15. The summed E-state index contributed by atoms with van der Waals surface area (Å²) in [6, 6.07) is 7.54. The third-order valence-corrected chi connectivity index (χ3v) is 2.90. The summed E-state index contributed by atoms with van der Waals surface area (Å²) in [5, 5.41) is 3.87. The normalized spacial score (nSPS) is 11.3. The van der Waals surface area contributed by atoms with Crippen LogP contribution >= 0.6 is 0 Å². The minimum atomic E-state index is -0.647. The van der Waals surface area contributed by atoms with Gasteiger partial charge in [0.05, 0.1) is 20.3 Å². The van der Waals surface area contributed by atoms with Gasteiger partial charge in [0.25, 0.3) is 0 Å². The van der Waals surface area contributed by atoms with Crippen molar-refractivity contribution in [1.82, 2.24) is 4.98 Å². The van der Waals surface area contributed by atoms with E-state index in [-0.39, 0.29) is 5.70 Å². The summed E-state index contributed by atoms with van der Waals surface area (Å²) < 4.78 is 9.16. The molecule has 6 nitrogen and oxygen atoms in total. The van der Waals surface area contributed by atoms with Crippen LogP contribution in [0.2, 0.25) is 0 Å². The maximum absolute atomic E-state index is 11.7. The lowest BCUT2D eigenvalue weighted by molar-refractivity contribution is -0.138. The number of benzene rings is 1. The third-order valence-electron chi connectivity index (χ3n) is 2.90. The van der Waals surface area contributed by atoms with Crippen LogP contribution in [0.1, 0.15) is 5.69 Å². The van der Waals surface area contributed by atoms with Gasteiger partial charge in [-0.1, -0.05) is 0 Å². The van der Waals surface area contributed by atoms with E-state index in [1.54, 1.807) is 6.07 Å². The van der Waals surface area contributed by atoms with Gasteiger partial charge in [-0.3, -0.25) is 0 Å². The average molecular weight is 288 g/mol. The Balaban J connectivity index is 2.31. The van der Waals surface area contributed by atoms with E-state index < -0.39 is 11.9 Å². The summed E-state index contributed by atoms with van der Waals surface area (Å²) >= 11 is 0. The molecule has 0 aliphatic rings. The predicted octanol–water partition coefficient (Wildman–Crippen LogP) is 2.12. The number of rotatable bonds is 4. The molecule has 1 aromatic heterocycles. The maximum Gasteiger partial charge on any atom is 0.354 e. The second-order valence-electron chi connectivity index (χ2n) is 4.45. The third kappa shape index (κ3) is 3.42. The van der Waals surface area contributed by atoms with Gasteiger partial charge >= 0.3 is 11.9 Å². The van der Waals surface area contributed by atoms with Crippen LogP contribution in [0.4, 0.5) is 5.69 Å². The number of esters is 2. The number of ether oxygens (including phenoxy) is 2. The zero-order valence-corrected chi connectivity index (χ0v) is 12.0. The molecule has 2 N–H and O–H groups in total. The van der Waals surface area contributed by atoms with Crippen LogP contribution in [0, 0.1) is 6.92 Å². The molecule has 1 aromatic carbocycles.